The topological polar surface area (TPSA) is 190 Å². The van der Waals surface area contributed by atoms with Crippen LogP contribution >= 0.6 is 7.75 Å². The number of hydrogen-bond acceptors (Lipinski definition) is 11. The van der Waals surface area contributed by atoms with Crippen LogP contribution in [0.5, 0.6) is 5.75 Å². The van der Waals surface area contributed by atoms with E-state index in [-0.39, 0.29) is 48.1 Å². The molecule has 2 aromatic heterocycles. The molecule has 1 saturated carbocycles. The predicted octanol–water partition coefficient (Wildman–Crippen LogP) is 9.65. The van der Waals surface area contributed by atoms with Gasteiger partial charge in [-0.25, -0.2) is 9.55 Å². The normalized spacial score (nSPS) is 17.8. The van der Waals surface area contributed by atoms with E-state index < -0.39 is 30.7 Å². The number of para-hydroxylation sites is 1. The van der Waals surface area contributed by atoms with E-state index in [1.165, 1.54) is 90.3 Å². The number of carbonyl (C=O) groups is 2. The minimum atomic E-state index is -4.22. The molecular formula is C43H67N6O8P. The van der Waals surface area contributed by atoms with Crippen molar-refractivity contribution < 1.29 is 32.7 Å². The van der Waals surface area contributed by atoms with E-state index in [9.17, 15) is 18.9 Å². The van der Waals surface area contributed by atoms with Gasteiger partial charge in [-0.3, -0.25) is 28.5 Å². The predicted molar refractivity (Wildman–Crippen MR) is 228 cm³/mol. The van der Waals surface area contributed by atoms with Crippen LogP contribution in [0.3, 0.4) is 0 Å². The molecule has 14 nitrogen and oxygen atoms in total. The lowest BCUT2D eigenvalue weighted by molar-refractivity contribution is -0.150. The maximum atomic E-state index is 14.4. The van der Waals surface area contributed by atoms with Gasteiger partial charge in [-0.05, 0) is 50.8 Å². The monoisotopic (exact) mass is 826 g/mol. The molecule has 1 aliphatic carbocycles. The SMILES string of the molecule is CCCCCCCCCCCCCCCCCC(=O)OCC1(CO[P@@](=O)(N[C@@H](C)C(=O)O[C@@H](C)CCC)Oc2ccccc2)C/C1=C/n1cnc2c(=O)[nH]c(N)nc21. The van der Waals surface area contributed by atoms with Crippen molar-refractivity contribution in [1.82, 2.24) is 24.6 Å². The Hall–Kier alpha value is -4.00. The van der Waals surface area contributed by atoms with Gasteiger partial charge in [0, 0.05) is 12.6 Å². The van der Waals surface area contributed by atoms with Crippen LogP contribution in [0.2, 0.25) is 0 Å². The first-order chi connectivity index (χ1) is 28.0. The van der Waals surface area contributed by atoms with Gasteiger partial charge in [0.2, 0.25) is 5.95 Å². The summed E-state index contributed by atoms with van der Waals surface area (Å²) in [7, 11) is -4.22. The highest BCUT2D eigenvalue weighted by Crippen LogP contribution is 2.56. The number of ether oxygens (including phenoxy) is 2. The summed E-state index contributed by atoms with van der Waals surface area (Å²) in [6, 6.07) is 7.48. The van der Waals surface area contributed by atoms with Gasteiger partial charge in [-0.1, -0.05) is 128 Å². The minimum Gasteiger partial charge on any atom is -0.465 e. The third kappa shape index (κ3) is 15.6. The highest BCUT2D eigenvalue weighted by molar-refractivity contribution is 7.52. The zero-order valence-corrected chi connectivity index (χ0v) is 36.1. The second-order valence-electron chi connectivity index (χ2n) is 15.8. The number of unbranched alkanes of at least 4 members (excludes halogenated alkanes) is 14. The lowest BCUT2D eigenvalue weighted by atomic mass is 10.0. The van der Waals surface area contributed by atoms with Gasteiger partial charge in [0.15, 0.2) is 11.2 Å². The quantitative estimate of drug-likeness (QED) is 0.0328. The van der Waals surface area contributed by atoms with Crippen molar-refractivity contribution in [2.45, 2.75) is 162 Å². The molecule has 3 aromatic rings. The molecule has 0 amide bonds. The first kappa shape index (κ1) is 46.7. The van der Waals surface area contributed by atoms with Crippen molar-refractivity contribution in [2.75, 3.05) is 18.9 Å². The summed E-state index contributed by atoms with van der Waals surface area (Å²) in [6.45, 7) is 7.37. The number of rotatable bonds is 30. The van der Waals surface area contributed by atoms with E-state index in [0.29, 0.717) is 19.3 Å². The smallest absolute Gasteiger partial charge is 0.459 e. The van der Waals surface area contributed by atoms with Crippen LogP contribution in [0.1, 0.15) is 150 Å². The van der Waals surface area contributed by atoms with Crippen molar-refractivity contribution in [3.63, 3.8) is 0 Å². The van der Waals surface area contributed by atoms with Crippen molar-refractivity contribution in [3.8, 4) is 5.75 Å². The van der Waals surface area contributed by atoms with Gasteiger partial charge < -0.3 is 19.7 Å². The lowest BCUT2D eigenvalue weighted by Crippen LogP contribution is -2.37. The maximum absolute atomic E-state index is 14.4. The third-order valence-electron chi connectivity index (χ3n) is 10.5. The summed E-state index contributed by atoms with van der Waals surface area (Å²) in [5, 5.41) is 2.75. The van der Waals surface area contributed by atoms with Crippen LogP contribution in [-0.4, -0.2) is 56.8 Å². The number of nitrogen functional groups attached to an aromatic ring is 1. The first-order valence-corrected chi connectivity index (χ1v) is 23.1. The molecular weight excluding hydrogens is 759 g/mol. The van der Waals surface area contributed by atoms with Crippen LogP contribution < -0.4 is 20.9 Å². The molecule has 4 N–H and O–H groups in total. The number of carbonyl (C=O) groups excluding carboxylic acids is 2. The molecule has 4 atom stereocenters. The molecule has 58 heavy (non-hydrogen) atoms. The number of esters is 2. The van der Waals surface area contributed by atoms with Crippen molar-refractivity contribution in [2.24, 2.45) is 5.41 Å². The largest absolute Gasteiger partial charge is 0.465 e. The molecule has 4 rings (SSSR count). The number of hydrogen-bond donors (Lipinski definition) is 3. The fourth-order valence-corrected chi connectivity index (χ4v) is 8.52. The van der Waals surface area contributed by atoms with Crippen LogP contribution in [0.15, 0.2) is 47.0 Å². The molecule has 322 valence electrons. The van der Waals surface area contributed by atoms with Crippen molar-refractivity contribution in [1.29, 1.82) is 0 Å². The Morgan fingerprint density at radius 1 is 0.931 bits per heavy atom. The average Bonchev–Trinajstić information content (AvgIpc) is 3.72. The molecule has 0 spiro atoms. The van der Waals surface area contributed by atoms with E-state index in [1.807, 2.05) is 6.92 Å². The first-order valence-electron chi connectivity index (χ1n) is 21.5. The number of fused-ring (bicyclic) bond motifs is 1. The number of nitrogens with one attached hydrogen (secondary N) is 2. The van der Waals surface area contributed by atoms with Gasteiger partial charge in [-0.2, -0.15) is 10.1 Å². The second-order valence-corrected chi connectivity index (χ2v) is 17.5. The molecule has 1 fully saturated rings. The van der Waals surface area contributed by atoms with Crippen LogP contribution in [0, 0.1) is 5.41 Å². The number of benzene rings is 1. The highest BCUT2D eigenvalue weighted by atomic mass is 31.2. The molecule has 1 unspecified atom stereocenters. The Bertz CT molecular complexity index is 1850. The summed E-state index contributed by atoms with van der Waals surface area (Å²) in [5.41, 5.74) is 5.61. The zero-order chi connectivity index (χ0) is 41.8. The zero-order valence-electron chi connectivity index (χ0n) is 35.2. The van der Waals surface area contributed by atoms with E-state index in [4.69, 9.17) is 24.3 Å². The van der Waals surface area contributed by atoms with Crippen LogP contribution in [0.4, 0.5) is 5.95 Å². The minimum absolute atomic E-state index is 0.0450. The van der Waals surface area contributed by atoms with Gasteiger partial charge in [0.25, 0.3) is 5.56 Å². The number of H-pyrrole nitrogens is 1. The number of aromatic amines is 1. The van der Waals surface area contributed by atoms with E-state index in [1.54, 1.807) is 48.0 Å². The van der Waals surface area contributed by atoms with Crippen molar-refractivity contribution in [3.05, 3.63) is 52.6 Å². The van der Waals surface area contributed by atoms with Crippen LogP contribution in [0.25, 0.3) is 17.4 Å². The maximum Gasteiger partial charge on any atom is 0.459 e. The Morgan fingerprint density at radius 2 is 1.55 bits per heavy atom. The Morgan fingerprint density at radius 3 is 2.17 bits per heavy atom. The second kappa shape index (κ2) is 24.2. The summed E-state index contributed by atoms with van der Waals surface area (Å²) in [6.07, 6.45) is 23.7. The summed E-state index contributed by atoms with van der Waals surface area (Å²) in [4.78, 5) is 49.3. The van der Waals surface area contributed by atoms with E-state index in [2.05, 4.69) is 27.0 Å². The van der Waals surface area contributed by atoms with Gasteiger partial charge in [-0.15, -0.1) is 0 Å². The van der Waals surface area contributed by atoms with Gasteiger partial charge in [0.05, 0.1) is 18.1 Å². The molecule has 0 radical (unpaired) electrons. The molecule has 0 aliphatic heterocycles. The number of imidazole rings is 1. The number of anilines is 1. The number of aromatic nitrogens is 4. The lowest BCUT2D eigenvalue weighted by Gasteiger charge is -2.25. The molecule has 0 saturated heterocycles. The molecule has 1 aliphatic rings. The molecule has 1 aromatic carbocycles. The van der Waals surface area contributed by atoms with E-state index >= 15 is 0 Å². The summed E-state index contributed by atoms with van der Waals surface area (Å²) in [5.74, 6) is -0.705. The standard InChI is InChI=1S/C43H67N6O8P/c1-5-7-8-9-10-11-12-13-14-15-16-17-18-19-23-27-37(50)54-30-43(28-35(43)29-49-32-45-38-39(49)46-42(44)47-40(38)51)31-55-58(53,57-36-25-21-20-22-26-36)48-34(4)41(52)56-33(3)24-6-2/h20-22,25-26,29,32-34H,5-19,23-24,27-28,30-31H2,1-4H3,(H,48,53)(H3,44,46,47,51)/b35-29-/t33-,34-,43?,58-/m0/s1. The number of nitrogens with two attached hydrogens (primary N) is 1. The van der Waals surface area contributed by atoms with Crippen LogP contribution in [-0.2, 0) is 28.2 Å². The third-order valence-corrected chi connectivity index (χ3v) is 12.1. The fourth-order valence-electron chi connectivity index (χ4n) is 6.94. The molecule has 0 bridgehead atoms. The van der Waals surface area contributed by atoms with E-state index in [0.717, 1.165) is 31.3 Å². The molecule has 15 heteroatoms. The molecule has 2 heterocycles. The summed E-state index contributed by atoms with van der Waals surface area (Å²) < 4.78 is 39.3. The average molecular weight is 827 g/mol. The summed E-state index contributed by atoms with van der Waals surface area (Å²) >= 11 is 0. The number of nitrogens with zero attached hydrogens (tertiary/aromatic N) is 3. The van der Waals surface area contributed by atoms with Gasteiger partial charge >= 0.3 is 19.7 Å². The Balaban J connectivity index is 1.35. The Kier molecular flexibility index (Phi) is 19.5. The Labute approximate surface area is 344 Å². The fraction of sp³-hybridized carbons (Fsp3) is 0.651. The highest BCUT2D eigenvalue weighted by Gasteiger charge is 2.52. The van der Waals surface area contributed by atoms with Gasteiger partial charge in [0.1, 0.15) is 24.7 Å². The van der Waals surface area contributed by atoms with Crippen molar-refractivity contribution >= 4 is 43.0 Å².